The van der Waals surface area contributed by atoms with Gasteiger partial charge in [-0.2, -0.15) is 5.26 Å². The van der Waals surface area contributed by atoms with Gasteiger partial charge in [-0.15, -0.1) is 0 Å². The van der Waals surface area contributed by atoms with Gasteiger partial charge in [0, 0.05) is 6.42 Å². The molecule has 0 saturated heterocycles. The van der Waals surface area contributed by atoms with E-state index in [9.17, 15) is 0 Å². The van der Waals surface area contributed by atoms with E-state index in [1.807, 2.05) is 30.3 Å². The quantitative estimate of drug-likeness (QED) is 0.898. The number of ether oxygens (including phenoxy) is 1. The molecule has 0 bridgehead atoms. The third-order valence-electron chi connectivity index (χ3n) is 2.80. The van der Waals surface area contributed by atoms with Crippen LogP contribution in [-0.4, -0.2) is 17.1 Å². The van der Waals surface area contributed by atoms with Gasteiger partial charge in [-0.25, -0.2) is 9.97 Å². The molecule has 2 N–H and O–H groups in total. The standard InChI is InChI=1S/C14H14N4O/c1-19-12-5-3-2-4-10(12)6-7-13-17-9-11(8-15)14(16)18-13/h2-5,9H,6-7H2,1H3,(H2,16,17,18). The second-order valence-corrected chi connectivity index (χ2v) is 4.01. The molecule has 2 rings (SSSR count). The molecule has 96 valence electrons. The number of hydrogen-bond donors (Lipinski definition) is 1. The molecule has 0 saturated carbocycles. The van der Waals surface area contributed by atoms with E-state index < -0.39 is 0 Å². The fraction of sp³-hybridized carbons (Fsp3) is 0.214. The fourth-order valence-electron chi connectivity index (χ4n) is 1.80. The van der Waals surface area contributed by atoms with Gasteiger partial charge < -0.3 is 10.5 Å². The first kappa shape index (κ1) is 12.8. The summed E-state index contributed by atoms with van der Waals surface area (Å²) in [6, 6.07) is 9.76. The van der Waals surface area contributed by atoms with Crippen LogP contribution in [-0.2, 0) is 12.8 Å². The first-order valence-electron chi connectivity index (χ1n) is 5.88. The molecule has 0 radical (unpaired) electrons. The van der Waals surface area contributed by atoms with Crippen molar-refractivity contribution in [2.75, 3.05) is 12.8 Å². The molecule has 0 aliphatic heterocycles. The lowest BCUT2D eigenvalue weighted by atomic mass is 10.1. The summed E-state index contributed by atoms with van der Waals surface area (Å²) in [5.74, 6) is 1.71. The Morgan fingerprint density at radius 2 is 2.11 bits per heavy atom. The van der Waals surface area contributed by atoms with Crippen LogP contribution in [0.1, 0.15) is 17.0 Å². The molecule has 0 fully saturated rings. The molecule has 19 heavy (non-hydrogen) atoms. The molecule has 2 aromatic rings. The van der Waals surface area contributed by atoms with Crippen LogP contribution < -0.4 is 10.5 Å². The van der Waals surface area contributed by atoms with E-state index in [2.05, 4.69) is 9.97 Å². The van der Waals surface area contributed by atoms with Gasteiger partial charge in [-0.3, -0.25) is 0 Å². The van der Waals surface area contributed by atoms with Crippen LogP contribution in [0, 0.1) is 11.3 Å². The Bertz CT molecular complexity index is 619. The number of para-hydroxylation sites is 1. The minimum atomic E-state index is 0.229. The topological polar surface area (TPSA) is 84.8 Å². The van der Waals surface area contributed by atoms with Crippen molar-refractivity contribution in [1.29, 1.82) is 5.26 Å². The van der Waals surface area contributed by atoms with Crippen molar-refractivity contribution in [2.45, 2.75) is 12.8 Å². The normalized spacial score (nSPS) is 9.89. The molecule has 5 nitrogen and oxygen atoms in total. The highest BCUT2D eigenvalue weighted by Gasteiger charge is 2.06. The second-order valence-electron chi connectivity index (χ2n) is 4.01. The maximum absolute atomic E-state index is 8.76. The average Bonchev–Trinajstić information content (AvgIpc) is 2.45. The molecule has 0 atom stereocenters. The zero-order chi connectivity index (χ0) is 13.7. The van der Waals surface area contributed by atoms with Gasteiger partial charge in [-0.05, 0) is 18.1 Å². The number of nitrogen functional groups attached to an aromatic ring is 1. The molecule has 5 heteroatoms. The van der Waals surface area contributed by atoms with Crippen LogP contribution in [0.4, 0.5) is 5.82 Å². The number of anilines is 1. The van der Waals surface area contributed by atoms with E-state index in [4.69, 9.17) is 15.7 Å². The predicted octanol–water partition coefficient (Wildman–Crippen LogP) is 1.72. The molecule has 0 spiro atoms. The van der Waals surface area contributed by atoms with Crippen LogP contribution in [0.15, 0.2) is 30.5 Å². The van der Waals surface area contributed by atoms with Gasteiger partial charge >= 0.3 is 0 Å². The van der Waals surface area contributed by atoms with Crippen molar-refractivity contribution in [2.24, 2.45) is 0 Å². The monoisotopic (exact) mass is 254 g/mol. The van der Waals surface area contributed by atoms with Crippen molar-refractivity contribution in [1.82, 2.24) is 9.97 Å². The smallest absolute Gasteiger partial charge is 0.145 e. The van der Waals surface area contributed by atoms with Crippen molar-refractivity contribution in [3.05, 3.63) is 47.4 Å². The maximum Gasteiger partial charge on any atom is 0.145 e. The number of hydrogen-bond acceptors (Lipinski definition) is 5. The number of methoxy groups -OCH3 is 1. The van der Waals surface area contributed by atoms with Crippen molar-refractivity contribution in [3.8, 4) is 11.8 Å². The van der Waals surface area contributed by atoms with Gasteiger partial charge in [-0.1, -0.05) is 18.2 Å². The fourth-order valence-corrected chi connectivity index (χ4v) is 1.80. The summed E-state index contributed by atoms with van der Waals surface area (Å²) in [5, 5.41) is 8.76. The minimum absolute atomic E-state index is 0.229. The molecule has 1 heterocycles. The SMILES string of the molecule is COc1ccccc1CCc1ncc(C#N)c(N)n1. The Morgan fingerprint density at radius 3 is 2.79 bits per heavy atom. The van der Waals surface area contributed by atoms with E-state index in [-0.39, 0.29) is 5.82 Å². The summed E-state index contributed by atoms with van der Waals surface area (Å²) < 4.78 is 5.29. The predicted molar refractivity (Wildman–Crippen MR) is 71.6 cm³/mol. The van der Waals surface area contributed by atoms with Crippen LogP contribution in [0.5, 0.6) is 5.75 Å². The number of aryl methyl sites for hydroxylation is 2. The average molecular weight is 254 g/mol. The molecule has 1 aromatic carbocycles. The Kier molecular flexibility index (Phi) is 3.94. The largest absolute Gasteiger partial charge is 0.496 e. The van der Waals surface area contributed by atoms with E-state index in [0.29, 0.717) is 17.8 Å². The number of rotatable bonds is 4. The third-order valence-corrected chi connectivity index (χ3v) is 2.80. The zero-order valence-corrected chi connectivity index (χ0v) is 10.6. The highest BCUT2D eigenvalue weighted by atomic mass is 16.5. The van der Waals surface area contributed by atoms with Gasteiger partial charge in [0.1, 0.15) is 29.0 Å². The Labute approximate surface area is 111 Å². The molecule has 0 unspecified atom stereocenters. The highest BCUT2D eigenvalue weighted by Crippen LogP contribution is 2.19. The lowest BCUT2D eigenvalue weighted by Gasteiger charge is -2.07. The van der Waals surface area contributed by atoms with Gasteiger partial charge in [0.15, 0.2) is 0 Å². The Hall–Kier alpha value is -2.61. The highest BCUT2D eigenvalue weighted by molar-refractivity contribution is 5.46. The van der Waals surface area contributed by atoms with Crippen LogP contribution >= 0.6 is 0 Å². The molecule has 0 aliphatic carbocycles. The summed E-state index contributed by atoms with van der Waals surface area (Å²) in [6.45, 7) is 0. The number of nitrogens with zero attached hydrogens (tertiary/aromatic N) is 3. The number of aromatic nitrogens is 2. The summed E-state index contributed by atoms with van der Waals surface area (Å²) in [5.41, 5.74) is 7.06. The lowest BCUT2D eigenvalue weighted by Crippen LogP contribution is -2.04. The number of benzene rings is 1. The Balaban J connectivity index is 2.11. The van der Waals surface area contributed by atoms with Crippen LogP contribution in [0.2, 0.25) is 0 Å². The molecular weight excluding hydrogens is 240 g/mol. The number of nitrogens with two attached hydrogens (primary N) is 1. The first-order valence-corrected chi connectivity index (χ1v) is 5.88. The van der Waals surface area contributed by atoms with Gasteiger partial charge in [0.2, 0.25) is 0 Å². The van der Waals surface area contributed by atoms with Crippen molar-refractivity contribution >= 4 is 5.82 Å². The molecule has 0 aliphatic rings. The third kappa shape index (κ3) is 2.99. The van der Waals surface area contributed by atoms with Crippen LogP contribution in [0.3, 0.4) is 0 Å². The lowest BCUT2D eigenvalue weighted by molar-refractivity contribution is 0.409. The molecule has 1 aromatic heterocycles. The van der Waals surface area contributed by atoms with Crippen LogP contribution in [0.25, 0.3) is 0 Å². The van der Waals surface area contributed by atoms with Crippen molar-refractivity contribution in [3.63, 3.8) is 0 Å². The summed E-state index contributed by atoms with van der Waals surface area (Å²) in [4.78, 5) is 8.24. The zero-order valence-electron chi connectivity index (χ0n) is 10.6. The molecular formula is C14H14N4O. The molecule has 0 amide bonds. The van der Waals surface area contributed by atoms with E-state index in [1.54, 1.807) is 7.11 Å². The van der Waals surface area contributed by atoms with E-state index >= 15 is 0 Å². The Morgan fingerprint density at radius 1 is 1.32 bits per heavy atom. The minimum Gasteiger partial charge on any atom is -0.496 e. The second kappa shape index (κ2) is 5.83. The van der Waals surface area contributed by atoms with Crippen molar-refractivity contribution < 1.29 is 4.74 Å². The summed E-state index contributed by atoms with van der Waals surface area (Å²) in [6.07, 6.45) is 2.87. The van der Waals surface area contributed by atoms with Gasteiger partial charge in [0.25, 0.3) is 0 Å². The van der Waals surface area contributed by atoms with Gasteiger partial charge in [0.05, 0.1) is 13.3 Å². The summed E-state index contributed by atoms with van der Waals surface area (Å²) >= 11 is 0. The first-order chi connectivity index (χ1) is 9.24. The number of nitriles is 1. The maximum atomic E-state index is 8.76. The van der Waals surface area contributed by atoms with E-state index in [1.165, 1.54) is 6.20 Å². The van der Waals surface area contributed by atoms with E-state index in [0.717, 1.165) is 17.7 Å². The summed E-state index contributed by atoms with van der Waals surface area (Å²) in [7, 11) is 1.65.